The molecule has 0 aliphatic carbocycles. The molecule has 156 valence electrons. The van der Waals surface area contributed by atoms with E-state index < -0.39 is 11.7 Å². The van der Waals surface area contributed by atoms with Gasteiger partial charge < -0.3 is 14.8 Å². The quantitative estimate of drug-likeness (QED) is 0.400. The lowest BCUT2D eigenvalue weighted by atomic mass is 10.1. The van der Waals surface area contributed by atoms with Crippen LogP contribution in [-0.4, -0.2) is 42.0 Å². The van der Waals surface area contributed by atoms with Gasteiger partial charge in [-0.05, 0) is 24.3 Å². The molecule has 0 fully saturated rings. The molecule has 3 rings (SSSR count). The molecule has 0 aliphatic heterocycles. The monoisotopic (exact) mass is 448 g/mol. The number of hydrogen-bond donors (Lipinski definition) is 2. The highest BCUT2D eigenvalue weighted by atomic mass is 32.2. The molecule has 3 aromatic rings. The van der Waals surface area contributed by atoms with Gasteiger partial charge in [0, 0.05) is 0 Å². The van der Waals surface area contributed by atoms with Gasteiger partial charge in [-0.25, -0.2) is 4.39 Å². The number of methoxy groups -OCH3 is 2. The maximum atomic E-state index is 13.6. The molecule has 0 unspecified atom stereocenters. The summed E-state index contributed by atoms with van der Waals surface area (Å²) in [6.45, 7) is 0. The zero-order chi connectivity index (χ0) is 21.5. The van der Waals surface area contributed by atoms with Crippen LogP contribution in [0.25, 0.3) is 0 Å². The average Bonchev–Trinajstić information content (AvgIpc) is 3.20. The Kier molecular flexibility index (Phi) is 7.20. The van der Waals surface area contributed by atoms with Gasteiger partial charge in [0.1, 0.15) is 5.82 Å². The Hall–Kier alpha value is -3.18. The minimum atomic E-state index is -0.510. The standard InChI is InChI=1S/C19H17FN4O4S2/c1-27-14-9-5-6-11(16(14)28-2)17(26)22-18-23-24-19(30-18)29-10-15(25)21-13-8-4-3-7-12(13)20/h3-9H,10H2,1-2H3,(H,21,25)(H,22,23,26). The summed E-state index contributed by atoms with van der Waals surface area (Å²) in [5.41, 5.74) is 0.395. The molecule has 2 amide bonds. The van der Waals surface area contributed by atoms with Crippen LogP contribution in [-0.2, 0) is 4.79 Å². The first-order valence-corrected chi connectivity index (χ1v) is 10.3. The molecule has 1 heterocycles. The first-order chi connectivity index (χ1) is 14.5. The van der Waals surface area contributed by atoms with Gasteiger partial charge >= 0.3 is 0 Å². The summed E-state index contributed by atoms with van der Waals surface area (Å²) in [4.78, 5) is 24.6. The highest BCUT2D eigenvalue weighted by Gasteiger charge is 2.18. The zero-order valence-corrected chi connectivity index (χ0v) is 17.6. The summed E-state index contributed by atoms with van der Waals surface area (Å²) >= 11 is 2.24. The number of thioether (sulfide) groups is 1. The summed E-state index contributed by atoms with van der Waals surface area (Å²) in [5.74, 6) is -0.575. The lowest BCUT2D eigenvalue weighted by molar-refractivity contribution is -0.113. The van der Waals surface area contributed by atoms with Crippen LogP contribution in [0.3, 0.4) is 0 Å². The van der Waals surface area contributed by atoms with Crippen LogP contribution in [0, 0.1) is 5.82 Å². The molecular formula is C19H17FN4O4S2. The van der Waals surface area contributed by atoms with Crippen molar-refractivity contribution in [3.63, 3.8) is 0 Å². The number of rotatable bonds is 8. The van der Waals surface area contributed by atoms with Gasteiger partial charge in [0.05, 0.1) is 31.2 Å². The van der Waals surface area contributed by atoms with Crippen LogP contribution in [0.2, 0.25) is 0 Å². The highest BCUT2D eigenvalue weighted by molar-refractivity contribution is 8.01. The number of carbonyl (C=O) groups excluding carboxylic acids is 2. The molecule has 0 saturated heterocycles. The number of aromatic nitrogens is 2. The maximum Gasteiger partial charge on any atom is 0.261 e. The topological polar surface area (TPSA) is 102 Å². The van der Waals surface area contributed by atoms with Crippen molar-refractivity contribution in [2.45, 2.75) is 4.34 Å². The SMILES string of the molecule is COc1cccc(C(=O)Nc2nnc(SCC(=O)Nc3ccccc3F)s2)c1OC. The second-order valence-electron chi connectivity index (χ2n) is 5.69. The van der Waals surface area contributed by atoms with E-state index in [0.29, 0.717) is 15.8 Å². The number of para-hydroxylation sites is 2. The number of anilines is 2. The Morgan fingerprint density at radius 3 is 2.60 bits per heavy atom. The van der Waals surface area contributed by atoms with Gasteiger partial charge in [0.15, 0.2) is 15.8 Å². The van der Waals surface area contributed by atoms with E-state index in [1.165, 1.54) is 32.4 Å². The van der Waals surface area contributed by atoms with Crippen LogP contribution in [0.5, 0.6) is 11.5 Å². The van der Waals surface area contributed by atoms with Crippen molar-refractivity contribution in [3.05, 3.63) is 53.8 Å². The predicted molar refractivity (Wildman–Crippen MR) is 113 cm³/mol. The van der Waals surface area contributed by atoms with Gasteiger partial charge in [-0.15, -0.1) is 10.2 Å². The third-order valence-corrected chi connectivity index (χ3v) is 5.72. The number of ether oxygens (including phenoxy) is 2. The van der Waals surface area contributed by atoms with E-state index >= 15 is 0 Å². The first-order valence-electron chi connectivity index (χ1n) is 8.55. The van der Waals surface area contributed by atoms with Crippen molar-refractivity contribution in [1.82, 2.24) is 10.2 Å². The highest BCUT2D eigenvalue weighted by Crippen LogP contribution is 2.32. The fourth-order valence-electron chi connectivity index (χ4n) is 2.43. The molecule has 0 spiro atoms. The van der Waals surface area contributed by atoms with Gasteiger partial charge in [0.2, 0.25) is 11.0 Å². The molecule has 1 aromatic heterocycles. The van der Waals surface area contributed by atoms with Crippen molar-refractivity contribution in [2.24, 2.45) is 0 Å². The minimum Gasteiger partial charge on any atom is -0.493 e. The van der Waals surface area contributed by atoms with Crippen molar-refractivity contribution in [1.29, 1.82) is 0 Å². The number of nitrogens with zero attached hydrogens (tertiary/aromatic N) is 2. The lowest BCUT2D eigenvalue weighted by Crippen LogP contribution is -2.14. The van der Waals surface area contributed by atoms with E-state index in [1.54, 1.807) is 24.3 Å². The second kappa shape index (κ2) is 10.0. The third kappa shape index (κ3) is 5.24. The maximum absolute atomic E-state index is 13.6. The first kappa shape index (κ1) is 21.5. The van der Waals surface area contributed by atoms with Crippen molar-refractivity contribution in [3.8, 4) is 11.5 Å². The smallest absolute Gasteiger partial charge is 0.261 e. The van der Waals surface area contributed by atoms with Gasteiger partial charge in [0.25, 0.3) is 5.91 Å². The Bertz CT molecular complexity index is 1060. The van der Waals surface area contributed by atoms with Crippen LogP contribution in [0.1, 0.15) is 10.4 Å². The van der Waals surface area contributed by atoms with E-state index in [0.717, 1.165) is 23.1 Å². The van der Waals surface area contributed by atoms with Crippen molar-refractivity contribution >= 4 is 45.7 Å². The van der Waals surface area contributed by atoms with E-state index in [1.807, 2.05) is 0 Å². The van der Waals surface area contributed by atoms with Gasteiger partial charge in [-0.2, -0.15) is 0 Å². The normalized spacial score (nSPS) is 10.4. The van der Waals surface area contributed by atoms with Crippen LogP contribution in [0.4, 0.5) is 15.2 Å². The number of nitrogens with one attached hydrogen (secondary N) is 2. The molecule has 0 aliphatic rings. The van der Waals surface area contributed by atoms with E-state index in [9.17, 15) is 14.0 Å². The van der Waals surface area contributed by atoms with Crippen molar-refractivity contribution < 1.29 is 23.5 Å². The lowest BCUT2D eigenvalue weighted by Gasteiger charge is -2.11. The Morgan fingerprint density at radius 2 is 1.87 bits per heavy atom. The van der Waals surface area contributed by atoms with E-state index in [2.05, 4.69) is 20.8 Å². The molecule has 0 atom stereocenters. The molecule has 8 nitrogen and oxygen atoms in total. The molecule has 0 bridgehead atoms. The molecule has 30 heavy (non-hydrogen) atoms. The van der Waals surface area contributed by atoms with Crippen LogP contribution >= 0.6 is 23.1 Å². The summed E-state index contributed by atoms with van der Waals surface area (Å²) < 4.78 is 24.5. The molecule has 2 N–H and O–H groups in total. The fraction of sp³-hybridized carbons (Fsp3) is 0.158. The van der Waals surface area contributed by atoms with Crippen LogP contribution in [0.15, 0.2) is 46.8 Å². The fourth-order valence-corrected chi connectivity index (χ4v) is 3.97. The number of benzene rings is 2. The molecule has 0 saturated carbocycles. The summed E-state index contributed by atoms with van der Waals surface area (Å²) in [7, 11) is 2.93. The van der Waals surface area contributed by atoms with Crippen LogP contribution < -0.4 is 20.1 Å². The van der Waals surface area contributed by atoms with Gasteiger partial charge in [-0.3, -0.25) is 14.9 Å². The second-order valence-corrected chi connectivity index (χ2v) is 7.89. The average molecular weight is 449 g/mol. The minimum absolute atomic E-state index is 0.0145. The summed E-state index contributed by atoms with van der Waals surface area (Å²) in [5, 5.41) is 13.3. The summed E-state index contributed by atoms with van der Waals surface area (Å²) in [6, 6.07) is 10.9. The molecular weight excluding hydrogens is 431 g/mol. The predicted octanol–water partition coefficient (Wildman–Crippen LogP) is 3.68. The largest absolute Gasteiger partial charge is 0.493 e. The summed E-state index contributed by atoms with van der Waals surface area (Å²) in [6.07, 6.45) is 0. The Morgan fingerprint density at radius 1 is 1.07 bits per heavy atom. The molecule has 11 heteroatoms. The third-order valence-electron chi connectivity index (χ3n) is 3.75. The number of amides is 2. The molecule has 0 radical (unpaired) electrons. The Labute approximate surface area is 179 Å². The van der Waals surface area contributed by atoms with E-state index in [4.69, 9.17) is 9.47 Å². The number of halogens is 1. The Balaban J connectivity index is 1.58. The van der Waals surface area contributed by atoms with Gasteiger partial charge in [-0.1, -0.05) is 41.3 Å². The molecule has 2 aromatic carbocycles. The number of carbonyl (C=O) groups is 2. The van der Waals surface area contributed by atoms with E-state index in [-0.39, 0.29) is 28.0 Å². The van der Waals surface area contributed by atoms with Crippen molar-refractivity contribution in [2.75, 3.05) is 30.6 Å². The number of hydrogen-bond acceptors (Lipinski definition) is 8. The zero-order valence-electron chi connectivity index (χ0n) is 16.0.